The number of fused-ring (bicyclic) bond motifs is 3. The van der Waals surface area contributed by atoms with Crippen molar-refractivity contribution in [2.24, 2.45) is 0 Å². The highest BCUT2D eigenvalue weighted by Gasteiger charge is 2.30. The molecule has 0 aromatic heterocycles. The fourth-order valence-corrected chi connectivity index (χ4v) is 5.20. The van der Waals surface area contributed by atoms with Gasteiger partial charge in [0, 0.05) is 12.5 Å². The maximum Gasteiger partial charge on any atom is 0.407 e. The second kappa shape index (κ2) is 16.5. The van der Waals surface area contributed by atoms with E-state index >= 15 is 0 Å². The molecule has 0 bridgehead atoms. The number of esters is 1. The van der Waals surface area contributed by atoms with Crippen molar-refractivity contribution in [3.63, 3.8) is 0 Å². The summed E-state index contributed by atoms with van der Waals surface area (Å²) < 4.78 is 21.9. The Morgan fingerprint density at radius 1 is 0.830 bits per heavy atom. The lowest BCUT2D eigenvalue weighted by molar-refractivity contribution is -0.147. The molecule has 47 heavy (non-hydrogen) atoms. The number of alkyl carbamates (subject to hydrolysis) is 2. The summed E-state index contributed by atoms with van der Waals surface area (Å²) in [6.45, 7) is 5.77. The van der Waals surface area contributed by atoms with Crippen LogP contribution < -0.4 is 15.4 Å². The summed E-state index contributed by atoms with van der Waals surface area (Å²) in [6.07, 6.45) is -0.0726. The van der Waals surface area contributed by atoms with Crippen LogP contribution in [0, 0.1) is 0 Å². The van der Waals surface area contributed by atoms with Crippen LogP contribution in [-0.4, -0.2) is 60.6 Å². The van der Waals surface area contributed by atoms with Crippen LogP contribution in [0.2, 0.25) is 0 Å². The summed E-state index contributed by atoms with van der Waals surface area (Å²) in [5, 5.41) is 14.1. The van der Waals surface area contributed by atoms with Gasteiger partial charge in [0.1, 0.15) is 30.6 Å². The first-order chi connectivity index (χ1) is 22.5. The number of ether oxygens (including phenoxy) is 4. The molecule has 0 unspecified atom stereocenters. The van der Waals surface area contributed by atoms with Crippen molar-refractivity contribution in [3.8, 4) is 16.9 Å². The molecule has 250 valence electrons. The molecule has 1 aliphatic carbocycles. The molecule has 11 nitrogen and oxygen atoms in total. The van der Waals surface area contributed by atoms with E-state index in [4.69, 9.17) is 24.1 Å². The first-order valence-electron chi connectivity index (χ1n) is 15.7. The van der Waals surface area contributed by atoms with Crippen LogP contribution in [0.1, 0.15) is 69.1 Å². The quantitative estimate of drug-likeness (QED) is 0.0999. The average Bonchev–Trinajstić information content (AvgIpc) is 3.35. The molecular formula is C36H42N2O9. The minimum atomic E-state index is -0.981. The summed E-state index contributed by atoms with van der Waals surface area (Å²) >= 11 is 0. The monoisotopic (exact) mass is 646 g/mol. The van der Waals surface area contributed by atoms with Gasteiger partial charge in [-0.25, -0.2) is 14.4 Å². The largest absolute Gasteiger partial charge is 0.493 e. The molecule has 3 aromatic carbocycles. The van der Waals surface area contributed by atoms with Crippen molar-refractivity contribution < 1.29 is 43.2 Å². The average molecular weight is 647 g/mol. The first-order valence-corrected chi connectivity index (χ1v) is 15.7. The molecule has 0 heterocycles. The van der Waals surface area contributed by atoms with Crippen molar-refractivity contribution in [1.82, 2.24) is 10.6 Å². The molecule has 1 aliphatic rings. The van der Waals surface area contributed by atoms with Crippen molar-refractivity contribution in [3.05, 3.63) is 89.5 Å². The zero-order valence-corrected chi connectivity index (χ0v) is 27.0. The van der Waals surface area contributed by atoms with Gasteiger partial charge in [0.2, 0.25) is 0 Å². The lowest BCUT2D eigenvalue weighted by Gasteiger charge is -2.20. The van der Waals surface area contributed by atoms with Gasteiger partial charge in [-0.1, -0.05) is 60.7 Å². The van der Waals surface area contributed by atoms with E-state index in [9.17, 15) is 19.2 Å². The highest BCUT2D eigenvalue weighted by Crippen LogP contribution is 2.44. The molecule has 2 amide bonds. The van der Waals surface area contributed by atoms with E-state index in [0.717, 1.165) is 22.3 Å². The Labute approximate surface area is 274 Å². The molecule has 0 aliphatic heterocycles. The van der Waals surface area contributed by atoms with Crippen LogP contribution >= 0.6 is 0 Å². The van der Waals surface area contributed by atoms with E-state index in [1.165, 1.54) is 0 Å². The van der Waals surface area contributed by atoms with Gasteiger partial charge < -0.3 is 34.7 Å². The smallest absolute Gasteiger partial charge is 0.407 e. The van der Waals surface area contributed by atoms with Gasteiger partial charge in [-0.3, -0.25) is 4.79 Å². The molecule has 0 spiro atoms. The fourth-order valence-electron chi connectivity index (χ4n) is 5.20. The van der Waals surface area contributed by atoms with Crippen LogP contribution in [0.15, 0.2) is 72.8 Å². The number of rotatable bonds is 15. The van der Waals surface area contributed by atoms with Crippen molar-refractivity contribution in [2.75, 3.05) is 19.8 Å². The van der Waals surface area contributed by atoms with Gasteiger partial charge in [-0.15, -0.1) is 0 Å². The number of unbranched alkanes of at least 4 members (excludes halogenated alkanes) is 1. The Balaban J connectivity index is 1.32. The lowest BCUT2D eigenvalue weighted by Crippen LogP contribution is -2.42. The topological polar surface area (TPSA) is 149 Å². The summed E-state index contributed by atoms with van der Waals surface area (Å²) in [6, 6.07) is 21.8. The van der Waals surface area contributed by atoms with Crippen molar-refractivity contribution in [2.45, 2.75) is 70.6 Å². The van der Waals surface area contributed by atoms with Gasteiger partial charge in [0.15, 0.2) is 0 Å². The van der Waals surface area contributed by atoms with Crippen LogP contribution in [0.3, 0.4) is 0 Å². The SMILES string of the molecule is CC(C)(C)OC(=O)NCCCC[C@H](NC(=O)OCC1c2ccccc2-c2ccccc21)C(=O)OCc1ccc(OCCC(=O)O)cc1. The summed E-state index contributed by atoms with van der Waals surface area (Å²) in [7, 11) is 0. The highest BCUT2D eigenvalue weighted by atomic mass is 16.6. The van der Waals surface area contributed by atoms with Gasteiger partial charge in [-0.2, -0.15) is 0 Å². The standard InChI is InChI=1S/C36H42N2O9/c1-36(2,3)47-34(42)37-20-9-8-14-31(33(41)45-22-24-15-17-25(18-16-24)44-21-19-32(39)40)38-35(43)46-23-30-28-12-6-4-10-26(28)27-11-5-7-13-29(27)30/h4-7,10-13,15-18,30-31H,8-9,14,19-23H2,1-3H3,(H,37,42)(H,38,43)(H,39,40)/t31-/m0/s1. The van der Waals surface area contributed by atoms with E-state index in [1.54, 1.807) is 45.0 Å². The number of nitrogens with one attached hydrogen (secondary N) is 2. The Hall–Kier alpha value is -5.06. The first kappa shape index (κ1) is 34.8. The Morgan fingerprint density at radius 2 is 1.47 bits per heavy atom. The molecule has 11 heteroatoms. The summed E-state index contributed by atoms with van der Waals surface area (Å²) in [4.78, 5) is 48.8. The number of carbonyl (C=O) groups is 4. The van der Waals surface area contributed by atoms with Crippen LogP contribution in [0.4, 0.5) is 9.59 Å². The van der Waals surface area contributed by atoms with Crippen molar-refractivity contribution >= 4 is 24.1 Å². The third-order valence-electron chi connectivity index (χ3n) is 7.40. The number of carbonyl (C=O) groups excluding carboxylic acids is 3. The van der Waals surface area contributed by atoms with Crippen molar-refractivity contribution in [1.29, 1.82) is 0 Å². The molecule has 0 saturated heterocycles. The predicted molar refractivity (Wildman–Crippen MR) is 174 cm³/mol. The normalized spacial score (nSPS) is 12.7. The Morgan fingerprint density at radius 3 is 2.09 bits per heavy atom. The number of aliphatic carboxylic acids is 1. The number of amides is 2. The van der Waals surface area contributed by atoms with Gasteiger partial charge >= 0.3 is 24.1 Å². The second-order valence-corrected chi connectivity index (χ2v) is 12.2. The minimum Gasteiger partial charge on any atom is -0.493 e. The van der Waals surface area contributed by atoms with E-state index in [1.807, 2.05) is 36.4 Å². The van der Waals surface area contributed by atoms with Crippen LogP contribution in [0.5, 0.6) is 5.75 Å². The summed E-state index contributed by atoms with van der Waals surface area (Å²) in [5.41, 5.74) is 4.45. The summed E-state index contributed by atoms with van der Waals surface area (Å²) in [5.74, 6) is -1.21. The highest BCUT2D eigenvalue weighted by molar-refractivity contribution is 5.82. The molecule has 0 fully saturated rings. The number of hydrogen-bond donors (Lipinski definition) is 3. The molecule has 3 aromatic rings. The molecule has 0 saturated carbocycles. The minimum absolute atomic E-state index is 0.0418. The Bertz CT molecular complexity index is 1490. The zero-order chi connectivity index (χ0) is 33.8. The zero-order valence-electron chi connectivity index (χ0n) is 27.0. The second-order valence-electron chi connectivity index (χ2n) is 12.2. The van der Waals surface area contributed by atoms with E-state index in [-0.39, 0.29) is 38.6 Å². The molecular weight excluding hydrogens is 604 g/mol. The van der Waals surface area contributed by atoms with Gasteiger partial charge in [0.25, 0.3) is 0 Å². The fraction of sp³-hybridized carbons (Fsp3) is 0.389. The van der Waals surface area contributed by atoms with E-state index in [0.29, 0.717) is 30.7 Å². The molecule has 3 N–H and O–H groups in total. The lowest BCUT2D eigenvalue weighted by atomic mass is 9.98. The molecule has 1 atom stereocenters. The maximum atomic E-state index is 13.2. The number of hydrogen-bond acceptors (Lipinski definition) is 8. The van der Waals surface area contributed by atoms with Crippen LogP contribution in [-0.2, 0) is 30.4 Å². The third kappa shape index (κ3) is 10.8. The van der Waals surface area contributed by atoms with Crippen LogP contribution in [0.25, 0.3) is 11.1 Å². The molecule has 0 radical (unpaired) electrons. The predicted octanol–water partition coefficient (Wildman–Crippen LogP) is 6.19. The number of benzene rings is 3. The van der Waals surface area contributed by atoms with Gasteiger partial charge in [0.05, 0.1) is 13.0 Å². The number of carboxylic acid groups (broad SMARTS) is 1. The number of carboxylic acids is 1. The van der Waals surface area contributed by atoms with Gasteiger partial charge in [-0.05, 0) is 80.0 Å². The maximum absolute atomic E-state index is 13.2. The molecule has 4 rings (SSSR count). The third-order valence-corrected chi connectivity index (χ3v) is 7.40. The Kier molecular flexibility index (Phi) is 12.2. The van der Waals surface area contributed by atoms with E-state index < -0.39 is 35.8 Å². The van der Waals surface area contributed by atoms with E-state index in [2.05, 4.69) is 22.8 Å².